The summed E-state index contributed by atoms with van der Waals surface area (Å²) < 4.78 is 39.8. The molecule has 1 amide bonds. The maximum Gasteiger partial charge on any atom is 0.446 e. The fraction of sp³-hybridized carbons (Fsp3) is 0.154. The summed E-state index contributed by atoms with van der Waals surface area (Å²) in [5.74, 6) is -0.474. The number of para-hydroxylation sites is 1. The van der Waals surface area contributed by atoms with Gasteiger partial charge in [0, 0.05) is 22.6 Å². The number of thioether (sulfide) groups is 1. The Morgan fingerprint density at radius 3 is 2.57 bits per heavy atom. The molecule has 1 aromatic carbocycles. The molecule has 8 heteroatoms. The molecule has 0 aliphatic heterocycles. The van der Waals surface area contributed by atoms with Gasteiger partial charge in [-0.2, -0.15) is 13.2 Å². The van der Waals surface area contributed by atoms with E-state index in [0.717, 1.165) is 0 Å². The topological polar surface area (TPSA) is 34.0 Å². The molecule has 1 heterocycles. The van der Waals surface area contributed by atoms with Crippen LogP contribution in [0.2, 0.25) is 0 Å². The highest BCUT2D eigenvalue weighted by molar-refractivity contribution is 9.10. The zero-order valence-corrected chi connectivity index (χ0v) is 13.1. The lowest BCUT2D eigenvalue weighted by Gasteiger charge is -2.12. The zero-order chi connectivity index (χ0) is 15.6. The van der Waals surface area contributed by atoms with Crippen molar-refractivity contribution in [3.63, 3.8) is 0 Å². The molecule has 0 bridgehead atoms. The maximum atomic E-state index is 12.5. The number of rotatable bonds is 3. The Morgan fingerprint density at radius 1 is 1.33 bits per heavy atom. The first kappa shape index (κ1) is 16.0. The lowest BCUT2D eigenvalue weighted by Crippen LogP contribution is -2.16. The van der Waals surface area contributed by atoms with Crippen molar-refractivity contribution in [1.82, 2.24) is 4.57 Å². The van der Waals surface area contributed by atoms with Crippen LogP contribution in [0, 0.1) is 0 Å². The number of aromatic nitrogens is 1. The average Bonchev–Trinajstić information content (AvgIpc) is 2.69. The van der Waals surface area contributed by atoms with Crippen molar-refractivity contribution in [3.8, 4) is 0 Å². The second-order valence-corrected chi connectivity index (χ2v) is 6.18. The number of nitrogens with one attached hydrogen (secondary N) is 1. The third-order valence-corrected chi connectivity index (χ3v) is 3.81. The van der Waals surface area contributed by atoms with Gasteiger partial charge in [-0.1, -0.05) is 12.1 Å². The Morgan fingerprint density at radius 2 is 2.00 bits per heavy atom. The van der Waals surface area contributed by atoms with Crippen LogP contribution in [0.15, 0.2) is 45.9 Å². The first-order valence-electron chi connectivity index (χ1n) is 5.74. The van der Waals surface area contributed by atoms with Crippen LogP contribution in [0.1, 0.15) is 10.5 Å². The van der Waals surface area contributed by atoms with Crippen molar-refractivity contribution >= 4 is 39.3 Å². The highest BCUT2D eigenvalue weighted by atomic mass is 79.9. The third-order valence-electron chi connectivity index (χ3n) is 2.57. The number of aryl methyl sites for hydroxylation is 1. The van der Waals surface area contributed by atoms with Gasteiger partial charge in [-0.05, 0) is 45.9 Å². The Bertz CT molecular complexity index is 670. The molecule has 0 atom stereocenters. The number of hydrogen-bond acceptors (Lipinski definition) is 2. The second-order valence-electron chi connectivity index (χ2n) is 4.15. The molecular weight excluding hydrogens is 369 g/mol. The molecule has 21 heavy (non-hydrogen) atoms. The largest absolute Gasteiger partial charge is 0.446 e. The minimum atomic E-state index is -4.41. The molecule has 0 aliphatic rings. The lowest BCUT2D eigenvalue weighted by molar-refractivity contribution is -0.0328. The molecule has 3 nitrogen and oxygen atoms in total. The van der Waals surface area contributed by atoms with Crippen LogP contribution in [0.5, 0.6) is 0 Å². The minimum absolute atomic E-state index is 0.0494. The van der Waals surface area contributed by atoms with Crippen molar-refractivity contribution in [2.75, 3.05) is 5.32 Å². The molecule has 112 valence electrons. The Kier molecular flexibility index (Phi) is 4.67. The van der Waals surface area contributed by atoms with E-state index >= 15 is 0 Å². The van der Waals surface area contributed by atoms with Gasteiger partial charge in [-0.15, -0.1) is 0 Å². The molecule has 2 rings (SSSR count). The fourth-order valence-corrected chi connectivity index (χ4v) is 2.87. The van der Waals surface area contributed by atoms with Gasteiger partial charge >= 0.3 is 5.51 Å². The van der Waals surface area contributed by atoms with Crippen LogP contribution in [0.4, 0.5) is 18.9 Å². The molecule has 0 aliphatic carbocycles. The van der Waals surface area contributed by atoms with Crippen molar-refractivity contribution in [3.05, 3.63) is 46.7 Å². The summed E-state index contributed by atoms with van der Waals surface area (Å²) in [7, 11) is 1.68. The molecule has 0 saturated heterocycles. The Labute approximate surface area is 131 Å². The van der Waals surface area contributed by atoms with E-state index in [2.05, 4.69) is 21.2 Å². The number of halogens is 4. The Hall–Kier alpha value is -1.41. The minimum Gasteiger partial charge on any atom is -0.345 e. The van der Waals surface area contributed by atoms with E-state index in [0.29, 0.717) is 10.2 Å². The molecule has 0 unspecified atom stereocenters. The highest BCUT2D eigenvalue weighted by Gasteiger charge is 2.30. The number of alkyl halides is 3. The van der Waals surface area contributed by atoms with E-state index < -0.39 is 11.4 Å². The van der Waals surface area contributed by atoms with Crippen LogP contribution >= 0.6 is 27.7 Å². The van der Waals surface area contributed by atoms with E-state index in [1.807, 2.05) is 0 Å². The smallest absolute Gasteiger partial charge is 0.345 e. The summed E-state index contributed by atoms with van der Waals surface area (Å²) in [4.78, 5) is 12.1. The van der Waals surface area contributed by atoms with Crippen LogP contribution in [-0.4, -0.2) is 16.0 Å². The molecule has 1 N–H and O–H groups in total. The predicted octanol–water partition coefficient (Wildman–Crippen LogP) is 4.65. The number of benzene rings is 1. The number of amides is 1. The summed E-state index contributed by atoms with van der Waals surface area (Å²) in [6.45, 7) is 0. The summed E-state index contributed by atoms with van der Waals surface area (Å²) in [6.07, 6.45) is 1.69. The molecule has 0 fully saturated rings. The number of carbonyl (C=O) groups excluding carboxylic acids is 1. The van der Waals surface area contributed by atoms with E-state index in [1.165, 1.54) is 18.2 Å². The van der Waals surface area contributed by atoms with Gasteiger partial charge in [0.25, 0.3) is 5.91 Å². The van der Waals surface area contributed by atoms with Crippen molar-refractivity contribution in [1.29, 1.82) is 0 Å². The van der Waals surface area contributed by atoms with Gasteiger partial charge in [-0.3, -0.25) is 4.79 Å². The SMILES string of the molecule is Cn1cc(Br)cc1C(=O)Nc1ccccc1SC(F)(F)F. The number of carbonyl (C=O) groups is 1. The van der Waals surface area contributed by atoms with Gasteiger partial charge < -0.3 is 9.88 Å². The number of nitrogens with zero attached hydrogens (tertiary/aromatic N) is 1. The average molecular weight is 379 g/mol. The predicted molar refractivity (Wildman–Crippen MR) is 79.4 cm³/mol. The normalized spacial score (nSPS) is 11.5. The molecule has 0 saturated carbocycles. The summed E-state index contributed by atoms with van der Waals surface area (Å²) in [5.41, 5.74) is -3.94. The molecule has 1 aromatic heterocycles. The van der Waals surface area contributed by atoms with Gasteiger partial charge in [0.15, 0.2) is 0 Å². The molecule has 0 spiro atoms. The van der Waals surface area contributed by atoms with E-state index in [-0.39, 0.29) is 22.3 Å². The van der Waals surface area contributed by atoms with Crippen LogP contribution in [0.3, 0.4) is 0 Å². The standard InChI is InChI=1S/C13H10BrF3N2OS/c1-19-7-8(14)6-10(19)12(20)18-9-4-2-3-5-11(9)21-13(15,16)17/h2-7H,1H3,(H,18,20). The Balaban J connectivity index is 2.24. The van der Waals surface area contributed by atoms with E-state index in [9.17, 15) is 18.0 Å². The van der Waals surface area contributed by atoms with Gasteiger partial charge in [-0.25, -0.2) is 0 Å². The fourth-order valence-electron chi connectivity index (χ4n) is 1.72. The van der Waals surface area contributed by atoms with Crippen LogP contribution in [-0.2, 0) is 7.05 Å². The quantitative estimate of drug-likeness (QED) is 0.788. The van der Waals surface area contributed by atoms with Gasteiger partial charge in [0.2, 0.25) is 0 Å². The molecule has 0 radical (unpaired) electrons. The monoisotopic (exact) mass is 378 g/mol. The second kappa shape index (κ2) is 6.15. The van der Waals surface area contributed by atoms with Gasteiger partial charge in [0.1, 0.15) is 5.69 Å². The van der Waals surface area contributed by atoms with E-state index in [4.69, 9.17) is 0 Å². The first-order chi connectivity index (χ1) is 9.76. The summed E-state index contributed by atoms with van der Waals surface area (Å²) in [5, 5.41) is 2.50. The third kappa shape index (κ3) is 4.28. The lowest BCUT2D eigenvalue weighted by atomic mass is 10.3. The van der Waals surface area contributed by atoms with Crippen LogP contribution in [0.25, 0.3) is 0 Å². The van der Waals surface area contributed by atoms with Crippen molar-refractivity contribution in [2.45, 2.75) is 10.4 Å². The zero-order valence-electron chi connectivity index (χ0n) is 10.7. The first-order valence-corrected chi connectivity index (χ1v) is 7.35. The molecule has 2 aromatic rings. The molecular formula is C13H10BrF3N2OS. The van der Waals surface area contributed by atoms with Crippen molar-refractivity contribution < 1.29 is 18.0 Å². The number of hydrogen-bond donors (Lipinski definition) is 1. The highest BCUT2D eigenvalue weighted by Crippen LogP contribution is 2.40. The van der Waals surface area contributed by atoms with Gasteiger partial charge in [0.05, 0.1) is 5.69 Å². The van der Waals surface area contributed by atoms with Crippen molar-refractivity contribution in [2.24, 2.45) is 7.05 Å². The van der Waals surface area contributed by atoms with E-state index in [1.54, 1.807) is 29.9 Å². The van der Waals surface area contributed by atoms with Crippen LogP contribution < -0.4 is 5.32 Å². The summed E-state index contributed by atoms with van der Waals surface area (Å²) >= 11 is 2.98. The maximum absolute atomic E-state index is 12.5. The summed E-state index contributed by atoms with van der Waals surface area (Å²) in [6, 6.07) is 7.40. The number of anilines is 1.